The second kappa shape index (κ2) is 4.11. The van der Waals surface area contributed by atoms with E-state index in [1.54, 1.807) is 18.2 Å². The van der Waals surface area contributed by atoms with Crippen molar-refractivity contribution in [1.82, 2.24) is 4.98 Å². The first-order valence-electron chi connectivity index (χ1n) is 4.32. The lowest BCUT2D eigenvalue weighted by Crippen LogP contribution is -1.95. The number of nitrogen functional groups attached to an aromatic ring is 1. The third-order valence-corrected chi connectivity index (χ3v) is 3.20. The fourth-order valence-electron chi connectivity index (χ4n) is 1.18. The van der Waals surface area contributed by atoms with Gasteiger partial charge in [0.2, 0.25) is 0 Å². The van der Waals surface area contributed by atoms with Crippen molar-refractivity contribution in [3.8, 4) is 10.6 Å². The Balaban J connectivity index is 2.42. The maximum atomic E-state index is 10.7. The van der Waals surface area contributed by atoms with Gasteiger partial charge in [-0.05, 0) is 12.1 Å². The number of carboxylic acid groups (broad SMARTS) is 1. The van der Waals surface area contributed by atoms with Crippen molar-refractivity contribution in [2.45, 2.75) is 0 Å². The number of benzene rings is 1. The van der Waals surface area contributed by atoms with Crippen LogP contribution in [0.1, 0.15) is 10.5 Å². The van der Waals surface area contributed by atoms with E-state index >= 15 is 0 Å². The van der Waals surface area contributed by atoms with Gasteiger partial charge < -0.3 is 10.8 Å². The highest BCUT2D eigenvalue weighted by atomic mass is 35.5. The van der Waals surface area contributed by atoms with Crippen LogP contribution < -0.4 is 5.73 Å². The molecular weight excluding hydrogens is 248 g/mol. The zero-order chi connectivity index (χ0) is 11.7. The van der Waals surface area contributed by atoms with E-state index in [4.69, 9.17) is 22.4 Å². The minimum absolute atomic E-state index is 0.0357. The molecule has 0 saturated carbocycles. The van der Waals surface area contributed by atoms with Gasteiger partial charge in [0.15, 0.2) is 5.69 Å². The molecule has 1 heterocycles. The molecule has 0 bridgehead atoms. The normalized spacial score (nSPS) is 10.3. The van der Waals surface area contributed by atoms with Crippen molar-refractivity contribution in [2.24, 2.45) is 0 Å². The van der Waals surface area contributed by atoms with Crippen molar-refractivity contribution in [2.75, 3.05) is 5.73 Å². The molecule has 0 saturated heterocycles. The summed E-state index contributed by atoms with van der Waals surface area (Å²) in [5, 5.41) is 11.3. The van der Waals surface area contributed by atoms with Crippen LogP contribution in [0.5, 0.6) is 0 Å². The van der Waals surface area contributed by atoms with Crippen LogP contribution in [-0.2, 0) is 0 Å². The van der Waals surface area contributed by atoms with Crippen LogP contribution >= 0.6 is 22.9 Å². The van der Waals surface area contributed by atoms with Gasteiger partial charge in [-0.2, -0.15) is 0 Å². The summed E-state index contributed by atoms with van der Waals surface area (Å²) in [6.07, 6.45) is 0. The molecule has 2 rings (SSSR count). The summed E-state index contributed by atoms with van der Waals surface area (Å²) in [5.41, 5.74) is 6.90. The maximum Gasteiger partial charge on any atom is 0.355 e. The molecule has 3 N–H and O–H groups in total. The lowest BCUT2D eigenvalue weighted by Gasteiger charge is -2.00. The SMILES string of the molecule is Nc1cc(-c2nc(C(=O)O)cs2)ccc1Cl. The van der Waals surface area contributed by atoms with Gasteiger partial charge in [-0.15, -0.1) is 11.3 Å². The number of nitrogens with zero attached hydrogens (tertiary/aromatic N) is 1. The lowest BCUT2D eigenvalue weighted by molar-refractivity contribution is 0.0691. The van der Waals surface area contributed by atoms with Gasteiger partial charge in [0.1, 0.15) is 5.01 Å². The number of halogens is 1. The number of thiazole rings is 1. The fourth-order valence-corrected chi connectivity index (χ4v) is 2.09. The Morgan fingerprint density at radius 2 is 2.25 bits per heavy atom. The minimum atomic E-state index is -1.04. The van der Waals surface area contributed by atoms with Crippen molar-refractivity contribution < 1.29 is 9.90 Å². The highest BCUT2D eigenvalue weighted by Gasteiger charge is 2.10. The molecule has 2 aromatic rings. The molecule has 1 aromatic carbocycles. The van der Waals surface area contributed by atoms with E-state index in [9.17, 15) is 4.79 Å². The molecule has 4 nitrogen and oxygen atoms in total. The van der Waals surface area contributed by atoms with Crippen molar-refractivity contribution >= 4 is 34.6 Å². The van der Waals surface area contributed by atoms with Gasteiger partial charge in [0.05, 0.1) is 10.7 Å². The monoisotopic (exact) mass is 254 g/mol. The standard InChI is InChI=1S/C10H7ClN2O2S/c11-6-2-1-5(3-7(6)12)9-13-8(4-16-9)10(14)15/h1-4H,12H2,(H,14,15). The highest BCUT2D eigenvalue weighted by Crippen LogP contribution is 2.28. The molecule has 0 unspecified atom stereocenters. The van der Waals surface area contributed by atoms with E-state index in [-0.39, 0.29) is 5.69 Å². The number of carboxylic acids is 1. The Labute approximate surface area is 100 Å². The van der Waals surface area contributed by atoms with Gasteiger partial charge in [0.25, 0.3) is 0 Å². The average Bonchev–Trinajstić information content (AvgIpc) is 2.71. The Bertz CT molecular complexity index is 554. The van der Waals surface area contributed by atoms with E-state index in [0.29, 0.717) is 15.7 Å². The number of hydrogen-bond acceptors (Lipinski definition) is 4. The molecule has 0 spiro atoms. The number of nitrogens with two attached hydrogens (primary N) is 1. The van der Waals surface area contributed by atoms with Crippen LogP contribution in [0.15, 0.2) is 23.6 Å². The molecule has 82 valence electrons. The summed E-state index contributed by atoms with van der Waals surface area (Å²) in [5.74, 6) is -1.04. The summed E-state index contributed by atoms with van der Waals surface area (Å²) in [7, 11) is 0. The van der Waals surface area contributed by atoms with E-state index in [2.05, 4.69) is 4.98 Å². The van der Waals surface area contributed by atoms with Gasteiger partial charge in [-0.3, -0.25) is 0 Å². The molecule has 16 heavy (non-hydrogen) atoms. The molecule has 0 aliphatic rings. The second-order valence-corrected chi connectivity index (χ2v) is 4.34. The molecule has 6 heteroatoms. The fraction of sp³-hybridized carbons (Fsp3) is 0. The van der Waals surface area contributed by atoms with E-state index in [1.807, 2.05) is 0 Å². The largest absolute Gasteiger partial charge is 0.476 e. The van der Waals surface area contributed by atoms with Crippen LogP contribution in [0, 0.1) is 0 Å². The van der Waals surface area contributed by atoms with Gasteiger partial charge in [-0.1, -0.05) is 17.7 Å². The molecule has 0 atom stereocenters. The van der Waals surface area contributed by atoms with Gasteiger partial charge >= 0.3 is 5.97 Å². The van der Waals surface area contributed by atoms with Crippen LogP contribution in [0.2, 0.25) is 5.02 Å². The first-order chi connectivity index (χ1) is 7.58. The molecular formula is C10H7ClN2O2S. The summed E-state index contributed by atoms with van der Waals surface area (Å²) in [6, 6.07) is 5.09. The third kappa shape index (κ3) is 2.00. The van der Waals surface area contributed by atoms with Crippen LogP contribution in [0.4, 0.5) is 5.69 Å². The highest BCUT2D eigenvalue weighted by molar-refractivity contribution is 7.13. The number of aromatic nitrogens is 1. The lowest BCUT2D eigenvalue weighted by atomic mass is 10.2. The third-order valence-electron chi connectivity index (χ3n) is 1.97. The summed E-state index contributed by atoms with van der Waals surface area (Å²) in [4.78, 5) is 14.6. The Morgan fingerprint density at radius 3 is 2.81 bits per heavy atom. The average molecular weight is 255 g/mol. The number of anilines is 1. The summed E-state index contributed by atoms with van der Waals surface area (Å²) < 4.78 is 0. The number of rotatable bonds is 2. The van der Waals surface area contributed by atoms with Crippen molar-refractivity contribution in [3.63, 3.8) is 0 Å². The van der Waals surface area contributed by atoms with Gasteiger partial charge in [-0.25, -0.2) is 9.78 Å². The zero-order valence-electron chi connectivity index (χ0n) is 7.98. The molecule has 0 aliphatic carbocycles. The van der Waals surface area contributed by atoms with Crippen molar-refractivity contribution in [3.05, 3.63) is 34.3 Å². The summed E-state index contributed by atoms with van der Waals surface area (Å²) in [6.45, 7) is 0. The predicted molar refractivity (Wildman–Crippen MR) is 63.9 cm³/mol. The maximum absolute atomic E-state index is 10.7. The Morgan fingerprint density at radius 1 is 1.50 bits per heavy atom. The smallest absolute Gasteiger partial charge is 0.355 e. The minimum Gasteiger partial charge on any atom is -0.476 e. The number of hydrogen-bond donors (Lipinski definition) is 2. The topological polar surface area (TPSA) is 76.2 Å². The van der Waals surface area contributed by atoms with Crippen LogP contribution in [-0.4, -0.2) is 16.1 Å². The second-order valence-electron chi connectivity index (χ2n) is 3.08. The number of aromatic carboxylic acids is 1. The zero-order valence-corrected chi connectivity index (χ0v) is 9.55. The predicted octanol–water partition coefficient (Wildman–Crippen LogP) is 2.74. The summed E-state index contributed by atoms with van der Waals surface area (Å²) >= 11 is 7.04. The first kappa shape index (κ1) is 10.9. The van der Waals surface area contributed by atoms with Crippen molar-refractivity contribution in [1.29, 1.82) is 0 Å². The van der Waals surface area contributed by atoms with E-state index < -0.39 is 5.97 Å². The molecule has 0 aliphatic heterocycles. The quantitative estimate of drug-likeness (QED) is 0.808. The van der Waals surface area contributed by atoms with Gasteiger partial charge in [0, 0.05) is 10.9 Å². The van der Waals surface area contributed by atoms with E-state index in [1.165, 1.54) is 16.7 Å². The van der Waals surface area contributed by atoms with Crippen LogP contribution in [0.25, 0.3) is 10.6 Å². The first-order valence-corrected chi connectivity index (χ1v) is 5.58. The molecule has 1 aromatic heterocycles. The molecule has 0 radical (unpaired) electrons. The number of carbonyl (C=O) groups is 1. The van der Waals surface area contributed by atoms with E-state index in [0.717, 1.165) is 5.56 Å². The van der Waals surface area contributed by atoms with Crippen LogP contribution in [0.3, 0.4) is 0 Å². The molecule has 0 fully saturated rings. The Hall–Kier alpha value is -1.59. The Kier molecular flexibility index (Phi) is 2.80. The molecule has 0 amide bonds.